The number of hydrogen-bond donors (Lipinski definition) is 1. The molecule has 2 aromatic rings. The van der Waals surface area contributed by atoms with Crippen molar-refractivity contribution in [1.29, 1.82) is 0 Å². The minimum absolute atomic E-state index is 0.107. The van der Waals surface area contributed by atoms with Gasteiger partial charge in [-0.25, -0.2) is 0 Å². The van der Waals surface area contributed by atoms with Gasteiger partial charge >= 0.3 is 0 Å². The molecule has 1 heterocycles. The summed E-state index contributed by atoms with van der Waals surface area (Å²) < 4.78 is 16.4. The van der Waals surface area contributed by atoms with Crippen LogP contribution in [0.25, 0.3) is 0 Å². The molecule has 0 fully saturated rings. The number of ether oxygens (including phenoxy) is 3. The molecule has 0 aliphatic rings. The lowest BCUT2D eigenvalue weighted by atomic mass is 10.2. The molecule has 1 aromatic carbocycles. The SMILES string of the molecule is COc1cccc(OC)c1Oc1ccc([C@H](C)N)nc1. The van der Waals surface area contributed by atoms with E-state index in [9.17, 15) is 0 Å². The molecule has 5 heteroatoms. The van der Waals surface area contributed by atoms with Gasteiger partial charge in [0.05, 0.1) is 26.1 Å². The van der Waals surface area contributed by atoms with E-state index in [4.69, 9.17) is 19.9 Å². The summed E-state index contributed by atoms with van der Waals surface area (Å²) in [5.74, 6) is 2.31. The lowest BCUT2D eigenvalue weighted by Gasteiger charge is -2.14. The van der Waals surface area contributed by atoms with Crippen LogP contribution >= 0.6 is 0 Å². The first kappa shape index (κ1) is 14.1. The third-order valence-electron chi connectivity index (χ3n) is 2.83. The highest BCUT2D eigenvalue weighted by Crippen LogP contribution is 2.39. The Kier molecular flexibility index (Phi) is 4.42. The predicted octanol–water partition coefficient (Wildman–Crippen LogP) is 2.91. The van der Waals surface area contributed by atoms with E-state index in [1.54, 1.807) is 20.4 Å². The monoisotopic (exact) mass is 274 g/mol. The largest absolute Gasteiger partial charge is 0.493 e. The van der Waals surface area contributed by atoms with Gasteiger partial charge in [-0.2, -0.15) is 0 Å². The zero-order chi connectivity index (χ0) is 14.5. The number of aromatic nitrogens is 1. The Hall–Kier alpha value is -2.27. The van der Waals surface area contributed by atoms with E-state index in [1.165, 1.54) is 0 Å². The van der Waals surface area contributed by atoms with Crippen LogP contribution in [0.4, 0.5) is 0 Å². The van der Waals surface area contributed by atoms with Crippen LogP contribution in [0.15, 0.2) is 36.5 Å². The van der Waals surface area contributed by atoms with E-state index in [-0.39, 0.29) is 6.04 Å². The van der Waals surface area contributed by atoms with E-state index >= 15 is 0 Å². The molecule has 106 valence electrons. The van der Waals surface area contributed by atoms with Gasteiger partial charge in [0.2, 0.25) is 5.75 Å². The summed E-state index contributed by atoms with van der Waals surface area (Å²) in [6.07, 6.45) is 1.63. The fourth-order valence-corrected chi connectivity index (χ4v) is 1.76. The molecule has 0 aliphatic carbocycles. The van der Waals surface area contributed by atoms with E-state index in [2.05, 4.69) is 4.98 Å². The maximum absolute atomic E-state index is 5.80. The molecule has 2 rings (SSSR count). The van der Waals surface area contributed by atoms with Crippen LogP contribution in [0, 0.1) is 0 Å². The van der Waals surface area contributed by atoms with E-state index < -0.39 is 0 Å². The first-order valence-corrected chi connectivity index (χ1v) is 6.26. The van der Waals surface area contributed by atoms with Crippen molar-refractivity contribution in [2.24, 2.45) is 5.73 Å². The summed E-state index contributed by atoms with van der Waals surface area (Å²) in [6, 6.07) is 9.00. The zero-order valence-electron chi connectivity index (χ0n) is 11.8. The van der Waals surface area contributed by atoms with E-state index in [0.717, 1.165) is 5.69 Å². The Morgan fingerprint density at radius 3 is 2.15 bits per heavy atom. The van der Waals surface area contributed by atoms with Crippen LogP contribution in [0.3, 0.4) is 0 Å². The summed E-state index contributed by atoms with van der Waals surface area (Å²) in [5, 5.41) is 0. The zero-order valence-corrected chi connectivity index (χ0v) is 11.8. The van der Waals surface area contributed by atoms with E-state index in [0.29, 0.717) is 23.0 Å². The lowest BCUT2D eigenvalue weighted by Crippen LogP contribution is -2.06. The van der Waals surface area contributed by atoms with Gasteiger partial charge in [0, 0.05) is 6.04 Å². The van der Waals surface area contributed by atoms with Crippen molar-refractivity contribution in [3.05, 3.63) is 42.2 Å². The summed E-state index contributed by atoms with van der Waals surface area (Å²) in [4.78, 5) is 4.25. The summed E-state index contributed by atoms with van der Waals surface area (Å²) in [7, 11) is 3.16. The molecule has 0 bridgehead atoms. The third-order valence-corrected chi connectivity index (χ3v) is 2.83. The van der Waals surface area contributed by atoms with Crippen molar-refractivity contribution < 1.29 is 14.2 Å². The molecule has 0 saturated heterocycles. The highest BCUT2D eigenvalue weighted by atomic mass is 16.5. The normalized spacial score (nSPS) is 11.8. The number of pyridine rings is 1. The highest BCUT2D eigenvalue weighted by molar-refractivity contribution is 5.52. The number of hydrogen-bond acceptors (Lipinski definition) is 5. The Balaban J connectivity index is 2.29. The molecule has 20 heavy (non-hydrogen) atoms. The molecule has 0 unspecified atom stereocenters. The van der Waals surface area contributed by atoms with Crippen LogP contribution in [0.2, 0.25) is 0 Å². The molecule has 0 aliphatic heterocycles. The van der Waals surface area contributed by atoms with Crippen molar-refractivity contribution in [2.45, 2.75) is 13.0 Å². The van der Waals surface area contributed by atoms with Crippen LogP contribution in [-0.4, -0.2) is 19.2 Å². The summed E-state index contributed by atoms with van der Waals surface area (Å²) >= 11 is 0. The smallest absolute Gasteiger partial charge is 0.211 e. The Morgan fingerprint density at radius 2 is 1.70 bits per heavy atom. The first-order valence-electron chi connectivity index (χ1n) is 6.26. The maximum atomic E-state index is 5.80. The lowest BCUT2D eigenvalue weighted by molar-refractivity contribution is 0.346. The van der Waals surface area contributed by atoms with Crippen LogP contribution in [0.5, 0.6) is 23.0 Å². The maximum Gasteiger partial charge on any atom is 0.211 e. The Labute approximate surface area is 118 Å². The quantitative estimate of drug-likeness (QED) is 0.908. The Morgan fingerprint density at radius 1 is 1.05 bits per heavy atom. The van der Waals surface area contributed by atoms with Crippen LogP contribution < -0.4 is 19.9 Å². The number of methoxy groups -OCH3 is 2. The molecule has 0 spiro atoms. The molecular formula is C15H18N2O3. The minimum atomic E-state index is -0.107. The molecule has 1 aromatic heterocycles. The van der Waals surface area contributed by atoms with Crippen LogP contribution in [-0.2, 0) is 0 Å². The standard InChI is InChI=1S/C15H18N2O3/c1-10(16)12-8-7-11(9-17-12)20-15-13(18-2)5-4-6-14(15)19-3/h4-10H,16H2,1-3H3/t10-/m0/s1. The number of rotatable bonds is 5. The van der Waals surface area contributed by atoms with E-state index in [1.807, 2.05) is 37.3 Å². The van der Waals surface area contributed by atoms with Crippen molar-refractivity contribution in [2.75, 3.05) is 14.2 Å². The molecule has 0 saturated carbocycles. The fourth-order valence-electron chi connectivity index (χ4n) is 1.76. The number of para-hydroxylation sites is 1. The second-order valence-electron chi connectivity index (χ2n) is 4.30. The van der Waals surface area contributed by atoms with Crippen molar-refractivity contribution in [3.63, 3.8) is 0 Å². The molecule has 0 radical (unpaired) electrons. The number of nitrogens with two attached hydrogens (primary N) is 1. The highest BCUT2D eigenvalue weighted by Gasteiger charge is 2.12. The topological polar surface area (TPSA) is 66.6 Å². The molecule has 0 amide bonds. The predicted molar refractivity (Wildman–Crippen MR) is 76.5 cm³/mol. The van der Waals surface area contributed by atoms with Crippen molar-refractivity contribution in [3.8, 4) is 23.0 Å². The molecule has 2 N–H and O–H groups in total. The Bertz CT molecular complexity index is 546. The molecule has 1 atom stereocenters. The van der Waals surface area contributed by atoms with Gasteiger partial charge in [-0.3, -0.25) is 4.98 Å². The minimum Gasteiger partial charge on any atom is -0.493 e. The van der Waals surface area contributed by atoms with Crippen LogP contribution in [0.1, 0.15) is 18.7 Å². The van der Waals surface area contributed by atoms with Gasteiger partial charge in [0.25, 0.3) is 0 Å². The van der Waals surface area contributed by atoms with Crippen molar-refractivity contribution in [1.82, 2.24) is 4.98 Å². The van der Waals surface area contributed by atoms with Crippen molar-refractivity contribution >= 4 is 0 Å². The average molecular weight is 274 g/mol. The summed E-state index contributed by atoms with van der Waals surface area (Å²) in [6.45, 7) is 1.88. The van der Waals surface area contributed by atoms with Gasteiger partial charge in [0.15, 0.2) is 11.5 Å². The summed E-state index contributed by atoms with van der Waals surface area (Å²) in [5.41, 5.74) is 6.57. The second kappa shape index (κ2) is 6.25. The van der Waals surface area contributed by atoms with Gasteiger partial charge in [-0.15, -0.1) is 0 Å². The first-order chi connectivity index (χ1) is 9.65. The van der Waals surface area contributed by atoms with Gasteiger partial charge < -0.3 is 19.9 Å². The third kappa shape index (κ3) is 3.00. The fraction of sp³-hybridized carbons (Fsp3) is 0.267. The number of benzene rings is 1. The number of nitrogens with zero attached hydrogens (tertiary/aromatic N) is 1. The molecule has 5 nitrogen and oxygen atoms in total. The second-order valence-corrected chi connectivity index (χ2v) is 4.30. The van der Waals surface area contributed by atoms with Gasteiger partial charge in [-0.05, 0) is 31.2 Å². The van der Waals surface area contributed by atoms with Gasteiger partial charge in [-0.1, -0.05) is 6.07 Å². The van der Waals surface area contributed by atoms with Gasteiger partial charge in [0.1, 0.15) is 5.75 Å². The average Bonchev–Trinajstić information content (AvgIpc) is 2.48. The molecular weight excluding hydrogens is 256 g/mol.